The first-order valence-corrected chi connectivity index (χ1v) is 7.24. The van der Waals surface area contributed by atoms with E-state index in [-0.39, 0.29) is 18.3 Å². The van der Waals surface area contributed by atoms with E-state index in [1.165, 1.54) is 4.90 Å². The second-order valence-electron chi connectivity index (χ2n) is 5.84. The monoisotopic (exact) mass is 326 g/mol. The molecule has 2 rings (SSSR count). The Kier molecular flexibility index (Phi) is 6.38. The Labute approximate surface area is 137 Å². The van der Waals surface area contributed by atoms with Crippen molar-refractivity contribution in [1.29, 1.82) is 0 Å². The summed E-state index contributed by atoms with van der Waals surface area (Å²) < 4.78 is 0. The Morgan fingerprint density at radius 2 is 1.73 bits per heavy atom. The van der Waals surface area contributed by atoms with Gasteiger partial charge in [-0.25, -0.2) is 0 Å². The Hall–Kier alpha value is -1.59. The number of rotatable bonds is 5. The molecule has 0 aromatic heterocycles. The molecule has 0 aliphatic heterocycles. The van der Waals surface area contributed by atoms with Crippen LogP contribution < -0.4 is 5.32 Å². The van der Waals surface area contributed by atoms with Crippen molar-refractivity contribution >= 4 is 24.3 Å². The maximum atomic E-state index is 11.8. The summed E-state index contributed by atoms with van der Waals surface area (Å²) in [5, 5.41) is 12.6. The van der Waals surface area contributed by atoms with Crippen molar-refractivity contribution in [1.82, 2.24) is 10.2 Å². The number of carbonyl (C=O) groups is 2. The first kappa shape index (κ1) is 18.5. The second-order valence-corrected chi connectivity index (χ2v) is 5.84. The summed E-state index contributed by atoms with van der Waals surface area (Å²) >= 11 is 0. The van der Waals surface area contributed by atoms with Gasteiger partial charge in [-0.15, -0.1) is 12.4 Å². The smallest absolute Gasteiger partial charge is 0.323 e. The third-order valence-electron chi connectivity index (χ3n) is 4.10. The maximum Gasteiger partial charge on any atom is 0.323 e. The van der Waals surface area contributed by atoms with Gasteiger partial charge in [-0.1, -0.05) is 25.0 Å². The maximum absolute atomic E-state index is 11.8. The number of halogens is 1. The molecule has 0 radical (unpaired) electrons. The number of nitrogens with one attached hydrogen (secondary N) is 1. The number of hydrogen-bond acceptors (Lipinski definition) is 3. The minimum Gasteiger partial charge on any atom is -0.480 e. The minimum atomic E-state index is -0.780. The van der Waals surface area contributed by atoms with Crippen molar-refractivity contribution in [3.63, 3.8) is 0 Å². The number of hydrogen-bond donors (Lipinski definition) is 2. The molecule has 0 unspecified atom stereocenters. The molecule has 0 atom stereocenters. The second kappa shape index (κ2) is 7.61. The highest BCUT2D eigenvalue weighted by Crippen LogP contribution is 2.30. The third-order valence-corrected chi connectivity index (χ3v) is 4.10. The van der Waals surface area contributed by atoms with Crippen molar-refractivity contribution in [2.75, 3.05) is 14.1 Å². The summed E-state index contributed by atoms with van der Waals surface area (Å²) in [6.45, 7) is 0.503. The Balaban J connectivity index is 0.00000242. The van der Waals surface area contributed by atoms with Gasteiger partial charge < -0.3 is 10.0 Å². The van der Waals surface area contributed by atoms with Crippen LogP contribution in [0, 0.1) is 0 Å². The number of carboxylic acid groups (broad SMARTS) is 1. The summed E-state index contributed by atoms with van der Waals surface area (Å²) in [7, 11) is 3.43. The zero-order valence-electron chi connectivity index (χ0n) is 13.0. The molecule has 1 saturated carbocycles. The van der Waals surface area contributed by atoms with Crippen LogP contribution >= 0.6 is 12.4 Å². The predicted molar refractivity (Wildman–Crippen MR) is 87.4 cm³/mol. The van der Waals surface area contributed by atoms with Gasteiger partial charge in [-0.2, -0.15) is 0 Å². The molecule has 0 spiro atoms. The van der Waals surface area contributed by atoms with Gasteiger partial charge in [0.1, 0.15) is 5.54 Å². The summed E-state index contributed by atoms with van der Waals surface area (Å²) in [6.07, 6.45) is 3.27. The van der Waals surface area contributed by atoms with Crippen molar-refractivity contribution < 1.29 is 14.7 Å². The minimum absolute atomic E-state index is 0. The molecule has 1 aromatic rings. The number of benzene rings is 1. The van der Waals surface area contributed by atoms with Crippen LogP contribution in [-0.2, 0) is 11.3 Å². The Morgan fingerprint density at radius 3 is 2.18 bits per heavy atom. The van der Waals surface area contributed by atoms with Crippen LogP contribution in [0.5, 0.6) is 0 Å². The van der Waals surface area contributed by atoms with Gasteiger partial charge >= 0.3 is 5.97 Å². The van der Waals surface area contributed by atoms with Crippen LogP contribution in [0.4, 0.5) is 0 Å². The molecule has 2 N–H and O–H groups in total. The lowest BCUT2D eigenvalue weighted by atomic mass is 9.97. The number of carboxylic acids is 1. The molecule has 0 bridgehead atoms. The molecule has 22 heavy (non-hydrogen) atoms. The van der Waals surface area contributed by atoms with Crippen LogP contribution in [0.2, 0.25) is 0 Å². The number of aliphatic carboxylic acids is 1. The summed E-state index contributed by atoms with van der Waals surface area (Å²) in [5.41, 5.74) is 0.841. The number of nitrogens with zero attached hydrogens (tertiary/aromatic N) is 1. The molecule has 0 saturated heterocycles. The molecule has 1 aliphatic rings. The van der Waals surface area contributed by atoms with E-state index in [2.05, 4.69) is 5.32 Å². The summed E-state index contributed by atoms with van der Waals surface area (Å²) in [4.78, 5) is 24.8. The lowest BCUT2D eigenvalue weighted by Crippen LogP contribution is -2.49. The average Bonchev–Trinajstić information content (AvgIpc) is 2.95. The van der Waals surface area contributed by atoms with E-state index in [9.17, 15) is 14.7 Å². The standard InChI is InChI=1S/C16H22N2O3.ClH/c1-18(2)14(19)13-7-5-12(6-8-13)11-17-16(15(20)21)9-3-4-10-16;/h5-8,17H,3-4,9-11H2,1-2H3,(H,20,21);1H. The average molecular weight is 327 g/mol. The van der Waals surface area contributed by atoms with Gasteiger partial charge in [0.25, 0.3) is 5.91 Å². The molecule has 122 valence electrons. The number of amides is 1. The van der Waals surface area contributed by atoms with Gasteiger partial charge in [-0.05, 0) is 30.5 Å². The molecule has 1 aromatic carbocycles. The van der Waals surface area contributed by atoms with E-state index in [0.29, 0.717) is 24.9 Å². The largest absolute Gasteiger partial charge is 0.480 e. The van der Waals surface area contributed by atoms with E-state index in [1.807, 2.05) is 12.1 Å². The third kappa shape index (κ3) is 3.99. The topological polar surface area (TPSA) is 69.6 Å². The summed E-state index contributed by atoms with van der Waals surface area (Å²) in [6, 6.07) is 7.30. The van der Waals surface area contributed by atoms with Gasteiger partial charge in [0.2, 0.25) is 0 Å². The Morgan fingerprint density at radius 1 is 1.18 bits per heavy atom. The molecular formula is C16H23ClN2O3. The normalized spacial score (nSPS) is 15.9. The highest BCUT2D eigenvalue weighted by Gasteiger charge is 2.40. The van der Waals surface area contributed by atoms with Crippen molar-refractivity contribution in [3.05, 3.63) is 35.4 Å². The molecule has 1 aliphatic carbocycles. The van der Waals surface area contributed by atoms with E-state index in [4.69, 9.17) is 0 Å². The Bertz CT molecular complexity index is 523. The lowest BCUT2D eigenvalue weighted by molar-refractivity contribution is -0.144. The lowest BCUT2D eigenvalue weighted by Gasteiger charge is -2.25. The quantitative estimate of drug-likeness (QED) is 0.871. The van der Waals surface area contributed by atoms with Crippen molar-refractivity contribution in [3.8, 4) is 0 Å². The molecule has 1 fully saturated rings. The van der Waals surface area contributed by atoms with Crippen LogP contribution in [-0.4, -0.2) is 41.5 Å². The van der Waals surface area contributed by atoms with Gasteiger partial charge in [0, 0.05) is 26.2 Å². The van der Waals surface area contributed by atoms with E-state index < -0.39 is 11.5 Å². The SMILES string of the molecule is CN(C)C(=O)c1ccc(CNC2(C(=O)O)CCCC2)cc1.Cl. The van der Waals surface area contributed by atoms with Crippen LogP contribution in [0.25, 0.3) is 0 Å². The van der Waals surface area contributed by atoms with Crippen LogP contribution in [0.3, 0.4) is 0 Å². The first-order chi connectivity index (χ1) is 9.94. The van der Waals surface area contributed by atoms with E-state index >= 15 is 0 Å². The van der Waals surface area contributed by atoms with Crippen molar-refractivity contribution in [2.45, 2.75) is 37.8 Å². The number of carbonyl (C=O) groups excluding carboxylic acids is 1. The molecule has 5 nitrogen and oxygen atoms in total. The fraction of sp³-hybridized carbons (Fsp3) is 0.500. The van der Waals surface area contributed by atoms with E-state index in [0.717, 1.165) is 18.4 Å². The zero-order chi connectivity index (χ0) is 15.5. The van der Waals surface area contributed by atoms with Gasteiger partial charge in [-0.3, -0.25) is 14.9 Å². The molecule has 6 heteroatoms. The van der Waals surface area contributed by atoms with Crippen molar-refractivity contribution in [2.24, 2.45) is 0 Å². The van der Waals surface area contributed by atoms with E-state index in [1.54, 1.807) is 26.2 Å². The fourth-order valence-corrected chi connectivity index (χ4v) is 2.74. The molecule has 0 heterocycles. The predicted octanol–water partition coefficient (Wildman–Crippen LogP) is 2.30. The zero-order valence-corrected chi connectivity index (χ0v) is 13.8. The highest BCUT2D eigenvalue weighted by atomic mass is 35.5. The molecular weight excluding hydrogens is 304 g/mol. The van der Waals surface area contributed by atoms with Crippen LogP contribution in [0.15, 0.2) is 24.3 Å². The summed E-state index contributed by atoms with van der Waals surface area (Å²) in [5.74, 6) is -0.799. The molecule has 1 amide bonds. The first-order valence-electron chi connectivity index (χ1n) is 7.24. The van der Waals surface area contributed by atoms with Gasteiger partial charge in [0.05, 0.1) is 0 Å². The fourth-order valence-electron chi connectivity index (χ4n) is 2.74. The van der Waals surface area contributed by atoms with Gasteiger partial charge in [0.15, 0.2) is 0 Å². The van der Waals surface area contributed by atoms with Crippen LogP contribution in [0.1, 0.15) is 41.6 Å². The highest BCUT2D eigenvalue weighted by molar-refractivity contribution is 5.93.